The molecule has 2 bridgehead atoms. The van der Waals surface area contributed by atoms with Gasteiger partial charge >= 0.3 is 17.9 Å². The molecule has 5 rings (SSSR count). The average Bonchev–Trinajstić information content (AvgIpc) is 3.44. The predicted molar refractivity (Wildman–Crippen MR) is 143 cm³/mol. The van der Waals surface area contributed by atoms with Gasteiger partial charge in [-0.15, -0.1) is 0 Å². The van der Waals surface area contributed by atoms with Crippen molar-refractivity contribution in [3.63, 3.8) is 0 Å². The molecule has 3 aliphatic carbocycles. The topological polar surface area (TPSA) is 150 Å². The summed E-state index contributed by atoms with van der Waals surface area (Å²) in [6.07, 6.45) is 2.89. The van der Waals surface area contributed by atoms with Gasteiger partial charge in [-0.05, 0) is 42.0 Å². The van der Waals surface area contributed by atoms with Crippen LogP contribution in [0.3, 0.4) is 0 Å². The minimum Gasteiger partial charge on any atom is -0.472 e. The van der Waals surface area contributed by atoms with Crippen LogP contribution in [0.2, 0.25) is 0 Å². The van der Waals surface area contributed by atoms with Gasteiger partial charge in [-0.25, -0.2) is 9.59 Å². The molecule has 2 heterocycles. The Morgan fingerprint density at radius 1 is 1.12 bits per heavy atom. The smallest absolute Gasteiger partial charge is 0.335 e. The quantitative estimate of drug-likeness (QED) is 0.399. The molecule has 0 aromatic carbocycles. The van der Waals surface area contributed by atoms with Crippen LogP contribution >= 0.6 is 0 Å². The Morgan fingerprint density at radius 2 is 1.80 bits per heavy atom. The summed E-state index contributed by atoms with van der Waals surface area (Å²) in [5.41, 5.74) is -4.00. The first-order valence-corrected chi connectivity index (χ1v) is 14.0. The van der Waals surface area contributed by atoms with Gasteiger partial charge in [0.25, 0.3) is 0 Å². The molecule has 0 spiro atoms. The van der Waals surface area contributed by atoms with Gasteiger partial charge in [0.1, 0.15) is 12.2 Å². The predicted octanol–water partition coefficient (Wildman–Crippen LogP) is 3.22. The maximum atomic E-state index is 14.5. The molecule has 222 valence electrons. The molecule has 10 heteroatoms. The summed E-state index contributed by atoms with van der Waals surface area (Å²) in [5, 5.41) is 23.8. The van der Waals surface area contributed by atoms with Crippen molar-refractivity contribution in [3.8, 4) is 0 Å². The maximum Gasteiger partial charge on any atom is 0.335 e. The Morgan fingerprint density at radius 3 is 2.39 bits per heavy atom. The second-order valence-corrected chi connectivity index (χ2v) is 13.2. The minimum atomic E-state index is -2.30. The van der Waals surface area contributed by atoms with Gasteiger partial charge in [0, 0.05) is 33.8 Å². The number of carbonyl (C=O) groups is 4. The highest BCUT2D eigenvalue weighted by Crippen LogP contribution is 2.68. The van der Waals surface area contributed by atoms with E-state index >= 15 is 0 Å². The highest BCUT2D eigenvalue weighted by atomic mass is 16.6. The number of hydrogen-bond acceptors (Lipinski definition) is 10. The molecule has 1 aromatic rings. The summed E-state index contributed by atoms with van der Waals surface area (Å²) in [6.45, 7) is 10.2. The lowest BCUT2D eigenvalue weighted by Crippen LogP contribution is -2.75. The zero-order valence-electron chi connectivity index (χ0n) is 24.4. The van der Waals surface area contributed by atoms with Gasteiger partial charge in [-0.3, -0.25) is 9.59 Å². The van der Waals surface area contributed by atoms with Crippen LogP contribution in [0.15, 0.2) is 46.3 Å². The number of Topliss-reactive ketones (excluding diaryl/α,β-unsaturated/α-hetero) is 1. The number of esters is 3. The molecule has 2 saturated carbocycles. The number of carbonyl (C=O) groups excluding carboxylic acids is 4. The molecule has 0 radical (unpaired) electrons. The Labute approximate surface area is 238 Å². The van der Waals surface area contributed by atoms with Crippen molar-refractivity contribution >= 4 is 23.7 Å². The number of aliphatic hydroxyl groups is 2. The van der Waals surface area contributed by atoms with Crippen LogP contribution in [0, 0.1) is 34.0 Å². The van der Waals surface area contributed by atoms with Crippen LogP contribution in [0.5, 0.6) is 0 Å². The van der Waals surface area contributed by atoms with Crippen molar-refractivity contribution in [2.45, 2.75) is 78.3 Å². The highest BCUT2D eigenvalue weighted by molar-refractivity contribution is 6.00. The van der Waals surface area contributed by atoms with E-state index in [0.29, 0.717) is 29.6 Å². The SMILES string of the molecule is COC(=O)[C@H](O)[C@H]1C(C)(C)[C@H](OC(=O)C(C)C)[C@@]2(O)C=C3C4=CC(=O)O[C@@H](c5ccoc5)[C@]4(C)CC[C@@H]3[C@]1(C)C2=O. The first-order chi connectivity index (χ1) is 19.0. The van der Waals surface area contributed by atoms with Gasteiger partial charge in [0.2, 0.25) is 0 Å². The molecule has 2 N–H and O–H groups in total. The lowest BCUT2D eigenvalue weighted by Gasteiger charge is -2.65. The number of ketones is 1. The molecule has 41 heavy (non-hydrogen) atoms. The average molecular weight is 571 g/mol. The van der Waals surface area contributed by atoms with Crippen molar-refractivity contribution in [3.05, 3.63) is 47.5 Å². The van der Waals surface area contributed by atoms with Crippen LogP contribution in [-0.4, -0.2) is 58.8 Å². The van der Waals surface area contributed by atoms with Gasteiger partial charge in [-0.1, -0.05) is 41.5 Å². The summed E-state index contributed by atoms with van der Waals surface area (Å²) < 4.78 is 21.8. The summed E-state index contributed by atoms with van der Waals surface area (Å²) >= 11 is 0. The number of rotatable bonds is 5. The van der Waals surface area contributed by atoms with E-state index in [4.69, 9.17) is 18.6 Å². The van der Waals surface area contributed by atoms with Crippen molar-refractivity contribution in [1.82, 2.24) is 0 Å². The molecular weight excluding hydrogens is 532 g/mol. The minimum absolute atomic E-state index is 0.431. The number of fused-ring (bicyclic) bond motifs is 6. The normalized spacial score (nSPS) is 38.1. The third kappa shape index (κ3) is 3.90. The van der Waals surface area contributed by atoms with Crippen LogP contribution in [0.4, 0.5) is 0 Å². The summed E-state index contributed by atoms with van der Waals surface area (Å²) in [5.74, 6) is -5.08. The standard InChI is InChI=1S/C31H38O10/c1-15(2)24(34)41-27-28(3,4)22(21(33)25(35)38-7)30(6)18-8-10-29(5)19(17(18)13-31(27,37)26(30)36)12-20(32)40-23(29)16-9-11-39-14-16/h9,11-15,18,21-23,27,33,37H,8,10H2,1-7H3/t18-,21+,22-,23-,27-,29+,30-,31+/m0/s1. The van der Waals surface area contributed by atoms with Gasteiger partial charge < -0.3 is 28.8 Å². The zero-order valence-corrected chi connectivity index (χ0v) is 24.4. The van der Waals surface area contributed by atoms with E-state index < -0.39 is 81.6 Å². The number of allylic oxidation sites excluding steroid dienone is 1. The molecule has 8 atom stereocenters. The molecule has 0 saturated heterocycles. The lowest BCUT2D eigenvalue weighted by atomic mass is 9.40. The van der Waals surface area contributed by atoms with E-state index in [1.165, 1.54) is 24.7 Å². The fourth-order valence-corrected chi connectivity index (χ4v) is 8.27. The second kappa shape index (κ2) is 9.39. The van der Waals surface area contributed by atoms with E-state index in [2.05, 4.69) is 0 Å². The van der Waals surface area contributed by atoms with Crippen LogP contribution in [0.25, 0.3) is 0 Å². The fourth-order valence-electron chi connectivity index (χ4n) is 8.27. The first kappa shape index (κ1) is 29.3. The molecule has 0 unspecified atom stereocenters. The number of hydrogen-bond donors (Lipinski definition) is 2. The number of cyclic esters (lactones) is 1. The Bertz CT molecular complexity index is 1350. The Kier molecular flexibility index (Phi) is 6.70. The lowest BCUT2D eigenvalue weighted by molar-refractivity contribution is -0.234. The molecule has 0 amide bonds. The molecule has 2 fully saturated rings. The summed E-state index contributed by atoms with van der Waals surface area (Å²) in [6, 6.07) is 1.73. The van der Waals surface area contributed by atoms with Crippen LogP contribution < -0.4 is 0 Å². The largest absolute Gasteiger partial charge is 0.472 e. The maximum absolute atomic E-state index is 14.5. The molecule has 1 aliphatic heterocycles. The first-order valence-electron chi connectivity index (χ1n) is 14.0. The van der Waals surface area contributed by atoms with E-state index in [1.54, 1.807) is 40.7 Å². The molecule has 4 aliphatic rings. The van der Waals surface area contributed by atoms with E-state index in [9.17, 15) is 29.4 Å². The van der Waals surface area contributed by atoms with Gasteiger partial charge in [0.05, 0.1) is 25.6 Å². The third-order valence-electron chi connectivity index (χ3n) is 10.1. The van der Waals surface area contributed by atoms with Crippen molar-refractivity contribution in [2.75, 3.05) is 7.11 Å². The number of ether oxygens (including phenoxy) is 3. The van der Waals surface area contributed by atoms with Crippen molar-refractivity contribution < 1.29 is 48.0 Å². The van der Waals surface area contributed by atoms with Gasteiger partial charge in [0.15, 0.2) is 17.5 Å². The third-order valence-corrected chi connectivity index (χ3v) is 10.1. The Balaban J connectivity index is 1.76. The fraction of sp³-hybridized carbons (Fsp3) is 0.613. The Hall–Kier alpha value is -3.24. The highest BCUT2D eigenvalue weighted by Gasteiger charge is 2.75. The molecular formula is C31H38O10. The molecule has 10 nitrogen and oxygen atoms in total. The van der Waals surface area contributed by atoms with E-state index in [-0.39, 0.29) is 0 Å². The monoisotopic (exact) mass is 570 g/mol. The van der Waals surface area contributed by atoms with Gasteiger partial charge in [-0.2, -0.15) is 0 Å². The van der Waals surface area contributed by atoms with E-state index in [1.807, 2.05) is 6.92 Å². The van der Waals surface area contributed by atoms with E-state index in [0.717, 1.165) is 7.11 Å². The summed E-state index contributed by atoms with van der Waals surface area (Å²) in [4.78, 5) is 53.2. The van der Waals surface area contributed by atoms with Crippen molar-refractivity contribution in [2.24, 2.45) is 34.0 Å². The van der Waals surface area contributed by atoms with Crippen LogP contribution in [-0.2, 0) is 33.4 Å². The second-order valence-electron chi connectivity index (χ2n) is 13.2. The number of aliphatic hydroxyl groups excluding tert-OH is 1. The summed E-state index contributed by atoms with van der Waals surface area (Å²) in [7, 11) is 1.14. The number of methoxy groups -OCH3 is 1. The number of furan rings is 1. The molecule has 1 aromatic heterocycles. The van der Waals surface area contributed by atoms with Crippen molar-refractivity contribution in [1.29, 1.82) is 0 Å². The van der Waals surface area contributed by atoms with Crippen LogP contribution in [0.1, 0.15) is 66.1 Å². The zero-order chi connectivity index (χ0) is 30.3.